The first-order chi connectivity index (χ1) is 36.0. The molecule has 402 valence electrons. The van der Waals surface area contributed by atoms with Crippen LogP contribution in [0.2, 0.25) is 0 Å². The molecular weight excluding hydrogens is 901 g/mol. The molecule has 0 aromatic carbocycles. The van der Waals surface area contributed by atoms with E-state index in [2.05, 4.69) is 203 Å². The predicted octanol–water partition coefficient (Wildman–Crippen LogP) is 19.1. The van der Waals surface area contributed by atoms with Crippen molar-refractivity contribution < 1.29 is 28.6 Å². The molecule has 0 heterocycles. The van der Waals surface area contributed by atoms with Crippen molar-refractivity contribution in [3.8, 4) is 0 Å². The van der Waals surface area contributed by atoms with E-state index in [1.807, 2.05) is 12.2 Å². The summed E-state index contributed by atoms with van der Waals surface area (Å²) in [5.74, 6) is -1.14. The fraction of sp³-hybridized carbons (Fsp3) is 0.478. The Morgan fingerprint density at radius 2 is 0.534 bits per heavy atom. The zero-order chi connectivity index (χ0) is 52.9. The molecule has 0 aliphatic rings. The van der Waals surface area contributed by atoms with Gasteiger partial charge in [-0.15, -0.1) is 0 Å². The number of rotatable bonds is 47. The quantitative estimate of drug-likeness (QED) is 0.0262. The summed E-state index contributed by atoms with van der Waals surface area (Å²) in [6.45, 7) is 6.12. The molecule has 0 N–H and O–H groups in total. The fourth-order valence-corrected chi connectivity index (χ4v) is 6.53. The summed E-state index contributed by atoms with van der Waals surface area (Å²) in [4.78, 5) is 38.1. The van der Waals surface area contributed by atoms with E-state index in [1.54, 1.807) is 0 Å². The second-order valence-electron chi connectivity index (χ2n) is 17.3. The van der Waals surface area contributed by atoms with E-state index in [9.17, 15) is 14.4 Å². The number of esters is 3. The molecular formula is C67H98O6. The lowest BCUT2D eigenvalue weighted by Crippen LogP contribution is -2.30. The third-order valence-corrected chi connectivity index (χ3v) is 10.6. The number of allylic oxidation sites excluding steroid dienone is 32. The number of unbranched alkanes of at least 4 members (excludes halogenated alkanes) is 4. The maximum Gasteiger partial charge on any atom is 0.306 e. The highest BCUT2D eigenvalue weighted by Crippen LogP contribution is 2.10. The van der Waals surface area contributed by atoms with Crippen LogP contribution in [0.4, 0.5) is 0 Å². The van der Waals surface area contributed by atoms with Crippen LogP contribution in [0.15, 0.2) is 194 Å². The third kappa shape index (κ3) is 57.0. The van der Waals surface area contributed by atoms with Crippen molar-refractivity contribution in [2.24, 2.45) is 0 Å². The van der Waals surface area contributed by atoms with Gasteiger partial charge in [0.2, 0.25) is 0 Å². The van der Waals surface area contributed by atoms with Crippen LogP contribution < -0.4 is 0 Å². The van der Waals surface area contributed by atoms with E-state index in [4.69, 9.17) is 14.2 Å². The molecule has 0 amide bonds. The molecule has 0 fully saturated rings. The van der Waals surface area contributed by atoms with Crippen molar-refractivity contribution in [1.29, 1.82) is 0 Å². The lowest BCUT2D eigenvalue weighted by Gasteiger charge is -2.18. The van der Waals surface area contributed by atoms with E-state index in [0.717, 1.165) is 128 Å². The minimum atomic E-state index is -0.862. The molecule has 0 bridgehead atoms. The van der Waals surface area contributed by atoms with E-state index in [-0.39, 0.29) is 50.4 Å². The Kier molecular flexibility index (Phi) is 54.2. The number of hydrogen-bond donors (Lipinski definition) is 0. The standard InChI is InChI=1S/C67H98O6/c1-4-7-10-13-16-19-22-25-28-31-33-36-39-42-45-48-51-54-57-60-66(69)72-63-64(62-71-65(68)59-56-53-50-47-44-41-38-35-30-27-24-21-18-15-12-9-6-3)73-67(70)61-58-55-52-49-46-43-40-37-34-32-29-26-23-20-17-14-11-8-5-2/h7-12,16-21,25-30,33-34,36-38,41-43,45-47,50-51,54,64H,4-6,13-15,22-24,31-32,35,39-40,44,48-49,52-53,55-63H2,1-3H3/b10-7-,11-8-,12-9-,19-16-,20-17-,21-18-,28-25-,29-26-,30-27-,36-33-,37-34-,41-38-,45-42-,46-43-,50-47-,54-51-. The van der Waals surface area contributed by atoms with Crippen molar-refractivity contribution >= 4 is 17.9 Å². The first kappa shape index (κ1) is 67.2. The summed E-state index contributed by atoms with van der Waals surface area (Å²) in [5.41, 5.74) is 0. The lowest BCUT2D eigenvalue weighted by atomic mass is 10.1. The normalized spacial score (nSPS) is 13.6. The Labute approximate surface area is 446 Å². The Morgan fingerprint density at radius 3 is 0.863 bits per heavy atom. The molecule has 0 rings (SSSR count). The average molecular weight is 1000 g/mol. The van der Waals surface area contributed by atoms with Gasteiger partial charge in [0.1, 0.15) is 13.2 Å². The second kappa shape index (κ2) is 58.8. The molecule has 6 heteroatoms. The van der Waals surface area contributed by atoms with Gasteiger partial charge in [0.25, 0.3) is 0 Å². The van der Waals surface area contributed by atoms with Crippen molar-refractivity contribution in [3.05, 3.63) is 194 Å². The third-order valence-electron chi connectivity index (χ3n) is 10.6. The second-order valence-corrected chi connectivity index (χ2v) is 17.3. The lowest BCUT2D eigenvalue weighted by molar-refractivity contribution is -0.166. The summed E-state index contributed by atoms with van der Waals surface area (Å²) < 4.78 is 16.7. The molecule has 73 heavy (non-hydrogen) atoms. The molecule has 0 saturated heterocycles. The van der Waals surface area contributed by atoms with Crippen LogP contribution in [0, 0.1) is 0 Å². The van der Waals surface area contributed by atoms with Crippen LogP contribution in [0.3, 0.4) is 0 Å². The van der Waals surface area contributed by atoms with Crippen LogP contribution >= 0.6 is 0 Å². The highest BCUT2D eigenvalue weighted by Gasteiger charge is 2.19. The van der Waals surface area contributed by atoms with Crippen LogP contribution in [0.1, 0.15) is 188 Å². The number of carbonyl (C=O) groups is 3. The van der Waals surface area contributed by atoms with Crippen LogP contribution in [0.25, 0.3) is 0 Å². The van der Waals surface area contributed by atoms with E-state index < -0.39 is 6.10 Å². The molecule has 0 aliphatic carbocycles. The molecule has 0 saturated carbocycles. The first-order valence-corrected chi connectivity index (χ1v) is 27.9. The van der Waals surface area contributed by atoms with Crippen LogP contribution in [0.5, 0.6) is 0 Å². The van der Waals surface area contributed by atoms with Gasteiger partial charge in [-0.25, -0.2) is 0 Å². The molecule has 6 nitrogen and oxygen atoms in total. The Hall–Kier alpha value is -5.75. The van der Waals surface area contributed by atoms with E-state index >= 15 is 0 Å². The molecule has 1 atom stereocenters. The monoisotopic (exact) mass is 999 g/mol. The fourth-order valence-electron chi connectivity index (χ4n) is 6.53. The first-order valence-electron chi connectivity index (χ1n) is 27.9. The van der Waals surface area contributed by atoms with Crippen molar-refractivity contribution in [3.63, 3.8) is 0 Å². The topological polar surface area (TPSA) is 78.9 Å². The minimum absolute atomic E-state index is 0.156. The zero-order valence-corrected chi connectivity index (χ0v) is 45.8. The number of ether oxygens (including phenoxy) is 3. The summed E-state index contributed by atoms with van der Waals surface area (Å²) in [6, 6.07) is 0. The highest BCUT2D eigenvalue weighted by atomic mass is 16.6. The van der Waals surface area contributed by atoms with Gasteiger partial charge in [-0.05, 0) is 141 Å². The molecule has 0 aliphatic heterocycles. The number of carbonyl (C=O) groups excluding carboxylic acids is 3. The number of hydrogen-bond acceptors (Lipinski definition) is 6. The summed E-state index contributed by atoms with van der Waals surface area (Å²) >= 11 is 0. The maximum absolute atomic E-state index is 12.9. The average Bonchev–Trinajstić information content (AvgIpc) is 3.39. The molecule has 0 aromatic heterocycles. The summed E-state index contributed by atoms with van der Waals surface area (Å²) in [6.07, 6.45) is 90.0. The van der Waals surface area contributed by atoms with Gasteiger partial charge >= 0.3 is 17.9 Å². The highest BCUT2D eigenvalue weighted by molar-refractivity contribution is 5.71. The van der Waals surface area contributed by atoms with Crippen molar-refractivity contribution in [2.45, 2.75) is 194 Å². The van der Waals surface area contributed by atoms with Gasteiger partial charge in [0.05, 0.1) is 0 Å². The van der Waals surface area contributed by atoms with E-state index in [1.165, 1.54) is 0 Å². The largest absolute Gasteiger partial charge is 0.462 e. The summed E-state index contributed by atoms with van der Waals surface area (Å²) in [5, 5.41) is 0. The summed E-state index contributed by atoms with van der Waals surface area (Å²) in [7, 11) is 0. The molecule has 0 radical (unpaired) electrons. The van der Waals surface area contributed by atoms with Gasteiger partial charge in [0.15, 0.2) is 6.10 Å². The smallest absolute Gasteiger partial charge is 0.306 e. The van der Waals surface area contributed by atoms with Crippen molar-refractivity contribution in [2.75, 3.05) is 13.2 Å². The molecule has 1 unspecified atom stereocenters. The van der Waals surface area contributed by atoms with Gasteiger partial charge in [0, 0.05) is 19.3 Å². The van der Waals surface area contributed by atoms with Crippen LogP contribution in [-0.4, -0.2) is 37.2 Å². The Morgan fingerprint density at radius 1 is 0.274 bits per heavy atom. The van der Waals surface area contributed by atoms with Gasteiger partial charge < -0.3 is 14.2 Å². The SMILES string of the molecule is CC/C=C\C/C=C\C/C=C\C/C=C\C/C=C\C/C=C\CCC(=O)OCC(COC(=O)CCC/C=C\C/C=C\C/C=C\C/C=C\C/C=C\CC)OC(=O)CCCCC/C=C\C/C=C\C/C=C\C/C=C\C/C=C\CC. The van der Waals surface area contributed by atoms with Crippen molar-refractivity contribution in [1.82, 2.24) is 0 Å². The maximum atomic E-state index is 12.9. The Bertz CT molecular complexity index is 1810. The van der Waals surface area contributed by atoms with E-state index in [0.29, 0.717) is 19.3 Å². The Balaban J connectivity index is 4.71. The molecule has 0 spiro atoms. The van der Waals surface area contributed by atoms with Gasteiger partial charge in [-0.3, -0.25) is 14.4 Å². The molecule has 0 aromatic rings. The van der Waals surface area contributed by atoms with Crippen LogP contribution in [-0.2, 0) is 28.6 Å². The van der Waals surface area contributed by atoms with Gasteiger partial charge in [-0.2, -0.15) is 0 Å². The minimum Gasteiger partial charge on any atom is -0.462 e. The van der Waals surface area contributed by atoms with Gasteiger partial charge in [-0.1, -0.05) is 222 Å². The zero-order valence-electron chi connectivity index (χ0n) is 45.8. The predicted molar refractivity (Wildman–Crippen MR) is 315 cm³/mol.